The Morgan fingerprint density at radius 1 is 1.00 bits per heavy atom. The van der Waals surface area contributed by atoms with E-state index < -0.39 is 10.0 Å². The van der Waals surface area contributed by atoms with Crippen molar-refractivity contribution < 1.29 is 12.9 Å². The van der Waals surface area contributed by atoms with Crippen LogP contribution in [0.4, 0.5) is 0 Å². The molecule has 3 rings (SSSR count). The monoisotopic (exact) mass is 370 g/mol. The molecule has 3 aromatic rings. The second-order valence-electron chi connectivity index (χ2n) is 6.51. The highest BCUT2D eigenvalue weighted by atomic mass is 32.2. The maximum Gasteiger partial charge on any atom is 0.241 e. The van der Waals surface area contributed by atoms with Gasteiger partial charge < -0.3 is 4.52 Å². The topological polar surface area (TPSA) is 72.2 Å². The zero-order valence-corrected chi connectivity index (χ0v) is 16.1. The van der Waals surface area contributed by atoms with E-state index in [0.29, 0.717) is 16.9 Å². The van der Waals surface area contributed by atoms with Crippen LogP contribution in [0.3, 0.4) is 0 Å². The zero-order valence-electron chi connectivity index (χ0n) is 15.3. The van der Waals surface area contributed by atoms with Crippen LogP contribution in [-0.4, -0.2) is 13.6 Å². The molecule has 0 spiro atoms. The second-order valence-corrected chi connectivity index (χ2v) is 8.25. The summed E-state index contributed by atoms with van der Waals surface area (Å²) in [6.45, 7) is 7.79. The molecule has 0 aliphatic rings. The van der Waals surface area contributed by atoms with Gasteiger partial charge >= 0.3 is 0 Å². The first-order valence-electron chi connectivity index (χ1n) is 8.37. The predicted octanol–water partition coefficient (Wildman–Crippen LogP) is 4.05. The number of nitrogens with zero attached hydrogens (tertiary/aromatic N) is 1. The van der Waals surface area contributed by atoms with E-state index in [4.69, 9.17) is 4.52 Å². The van der Waals surface area contributed by atoms with Gasteiger partial charge in [0, 0.05) is 17.7 Å². The highest BCUT2D eigenvalue weighted by Crippen LogP contribution is 2.29. The lowest BCUT2D eigenvalue weighted by Crippen LogP contribution is -2.24. The molecular formula is C20H22N2O3S. The lowest BCUT2D eigenvalue weighted by molar-refractivity contribution is 0.426. The van der Waals surface area contributed by atoms with Crippen LogP contribution in [0.25, 0.3) is 11.3 Å². The quantitative estimate of drug-likeness (QED) is 0.735. The third-order valence-corrected chi connectivity index (χ3v) is 6.03. The lowest BCUT2D eigenvalue weighted by atomic mass is 10.1. The van der Waals surface area contributed by atoms with Gasteiger partial charge in [-0.15, -0.1) is 0 Å². The number of sulfonamides is 1. The van der Waals surface area contributed by atoms with Crippen LogP contribution in [0, 0.1) is 27.7 Å². The summed E-state index contributed by atoms with van der Waals surface area (Å²) in [5.41, 5.74) is 5.13. The molecule has 0 saturated heterocycles. The van der Waals surface area contributed by atoms with Gasteiger partial charge in [-0.25, -0.2) is 13.1 Å². The van der Waals surface area contributed by atoms with E-state index in [1.165, 1.54) is 0 Å². The standard InChI is InChI=1S/C20H22N2O3S/c1-13-5-8-17(9-6-13)12-21-26(23,24)19-11-18(10-7-14(19)2)20-15(3)16(4)22-25-20/h5-11,21H,12H2,1-4H3. The van der Waals surface area contributed by atoms with E-state index in [2.05, 4.69) is 9.88 Å². The maximum atomic E-state index is 12.8. The maximum absolute atomic E-state index is 12.8. The summed E-state index contributed by atoms with van der Waals surface area (Å²) in [6, 6.07) is 13.0. The fraction of sp³-hybridized carbons (Fsp3) is 0.250. The minimum atomic E-state index is -3.65. The summed E-state index contributed by atoms with van der Waals surface area (Å²) in [4.78, 5) is 0.246. The summed E-state index contributed by atoms with van der Waals surface area (Å²) in [5.74, 6) is 0.595. The third-order valence-electron chi connectivity index (χ3n) is 4.48. The second kappa shape index (κ2) is 7.05. The molecule has 0 aliphatic heterocycles. The Labute approximate surface area is 154 Å². The Morgan fingerprint density at radius 2 is 1.69 bits per heavy atom. The molecule has 0 unspecified atom stereocenters. The molecule has 0 fully saturated rings. The highest BCUT2D eigenvalue weighted by molar-refractivity contribution is 7.89. The number of aryl methyl sites for hydroxylation is 3. The number of hydrogen-bond acceptors (Lipinski definition) is 4. The molecule has 0 saturated carbocycles. The van der Waals surface area contributed by atoms with Crippen LogP contribution in [0.5, 0.6) is 0 Å². The van der Waals surface area contributed by atoms with Crippen LogP contribution < -0.4 is 4.72 Å². The van der Waals surface area contributed by atoms with Crippen LogP contribution in [-0.2, 0) is 16.6 Å². The van der Waals surface area contributed by atoms with Crippen molar-refractivity contribution in [2.24, 2.45) is 0 Å². The summed E-state index contributed by atoms with van der Waals surface area (Å²) < 4.78 is 33.7. The summed E-state index contributed by atoms with van der Waals surface area (Å²) in [7, 11) is -3.65. The molecule has 2 aromatic carbocycles. The SMILES string of the molecule is Cc1ccc(CNS(=O)(=O)c2cc(-c3onc(C)c3C)ccc2C)cc1. The molecular weight excluding hydrogens is 348 g/mol. The normalized spacial score (nSPS) is 11.7. The van der Waals surface area contributed by atoms with E-state index in [-0.39, 0.29) is 11.4 Å². The zero-order chi connectivity index (χ0) is 18.9. The molecule has 1 N–H and O–H groups in total. The molecule has 0 amide bonds. The van der Waals surface area contributed by atoms with Crippen molar-refractivity contribution in [2.45, 2.75) is 39.1 Å². The molecule has 0 radical (unpaired) electrons. The van der Waals surface area contributed by atoms with Crippen molar-refractivity contribution in [3.8, 4) is 11.3 Å². The van der Waals surface area contributed by atoms with Gasteiger partial charge in [0.05, 0.1) is 10.6 Å². The Kier molecular flexibility index (Phi) is 4.98. The molecule has 6 heteroatoms. The summed E-state index contributed by atoms with van der Waals surface area (Å²) >= 11 is 0. The molecule has 1 heterocycles. The van der Waals surface area contributed by atoms with Crippen molar-refractivity contribution in [1.29, 1.82) is 0 Å². The van der Waals surface area contributed by atoms with Crippen LogP contribution >= 0.6 is 0 Å². The summed E-state index contributed by atoms with van der Waals surface area (Å²) in [6.07, 6.45) is 0. The summed E-state index contributed by atoms with van der Waals surface area (Å²) in [5, 5.41) is 3.95. The van der Waals surface area contributed by atoms with Crippen LogP contribution in [0.2, 0.25) is 0 Å². The molecule has 0 aliphatic carbocycles. The van der Waals surface area contributed by atoms with Crippen LogP contribution in [0.1, 0.15) is 27.9 Å². The van der Waals surface area contributed by atoms with E-state index >= 15 is 0 Å². The van der Waals surface area contributed by atoms with E-state index in [9.17, 15) is 8.42 Å². The average molecular weight is 370 g/mol. The Balaban J connectivity index is 1.90. The smallest absolute Gasteiger partial charge is 0.241 e. The van der Waals surface area contributed by atoms with Gasteiger partial charge in [-0.2, -0.15) is 0 Å². The van der Waals surface area contributed by atoms with Gasteiger partial charge in [-0.05, 0) is 44.9 Å². The van der Waals surface area contributed by atoms with Crippen molar-refractivity contribution in [3.63, 3.8) is 0 Å². The molecule has 0 atom stereocenters. The Bertz CT molecular complexity index is 1040. The first kappa shape index (κ1) is 18.4. The number of nitrogens with one attached hydrogen (secondary N) is 1. The van der Waals surface area contributed by atoms with Crippen LogP contribution in [0.15, 0.2) is 51.9 Å². The Morgan fingerprint density at radius 3 is 2.31 bits per heavy atom. The van der Waals surface area contributed by atoms with Gasteiger partial charge in [0.15, 0.2) is 5.76 Å². The lowest BCUT2D eigenvalue weighted by Gasteiger charge is -2.11. The van der Waals surface area contributed by atoms with Gasteiger partial charge in [-0.1, -0.05) is 47.1 Å². The minimum absolute atomic E-state index is 0.243. The molecule has 136 valence electrons. The van der Waals surface area contributed by atoms with Gasteiger partial charge in [0.25, 0.3) is 0 Å². The fourth-order valence-electron chi connectivity index (χ4n) is 2.68. The molecule has 1 aromatic heterocycles. The van der Waals surface area contributed by atoms with Crippen molar-refractivity contribution in [3.05, 3.63) is 70.4 Å². The Hall–Kier alpha value is -2.44. The molecule has 0 bridgehead atoms. The predicted molar refractivity (Wildman–Crippen MR) is 101 cm³/mol. The third kappa shape index (κ3) is 3.71. The van der Waals surface area contributed by atoms with E-state index in [1.807, 2.05) is 51.1 Å². The molecule has 26 heavy (non-hydrogen) atoms. The van der Waals surface area contributed by atoms with Crippen molar-refractivity contribution in [1.82, 2.24) is 9.88 Å². The first-order valence-corrected chi connectivity index (χ1v) is 9.85. The van der Waals surface area contributed by atoms with Gasteiger partial charge in [-0.3, -0.25) is 0 Å². The van der Waals surface area contributed by atoms with E-state index in [1.54, 1.807) is 19.1 Å². The largest absolute Gasteiger partial charge is 0.356 e. The minimum Gasteiger partial charge on any atom is -0.356 e. The number of aromatic nitrogens is 1. The highest BCUT2D eigenvalue weighted by Gasteiger charge is 2.19. The number of hydrogen-bond donors (Lipinski definition) is 1. The number of benzene rings is 2. The average Bonchev–Trinajstić information content (AvgIpc) is 2.94. The van der Waals surface area contributed by atoms with Gasteiger partial charge in [0.1, 0.15) is 0 Å². The first-order chi connectivity index (χ1) is 12.3. The van der Waals surface area contributed by atoms with E-state index in [0.717, 1.165) is 22.4 Å². The number of rotatable bonds is 5. The fourth-order valence-corrected chi connectivity index (χ4v) is 3.96. The van der Waals surface area contributed by atoms with Gasteiger partial charge in [0.2, 0.25) is 10.0 Å². The molecule has 5 nitrogen and oxygen atoms in total. The van der Waals surface area contributed by atoms with Crippen molar-refractivity contribution >= 4 is 10.0 Å². The van der Waals surface area contributed by atoms with Crippen molar-refractivity contribution in [2.75, 3.05) is 0 Å².